The quantitative estimate of drug-likeness (QED) is 0.889. The van der Waals surface area contributed by atoms with E-state index in [0.717, 1.165) is 25.7 Å². The molecule has 1 aromatic rings. The zero-order valence-corrected chi connectivity index (χ0v) is 15.8. The van der Waals surface area contributed by atoms with Gasteiger partial charge in [0.1, 0.15) is 12.6 Å². The number of carbonyl (C=O) groups excluding carboxylic acids is 3. The predicted octanol–water partition coefficient (Wildman–Crippen LogP) is 2.33. The average molecular weight is 369 g/mol. The van der Waals surface area contributed by atoms with Crippen LogP contribution in [-0.2, 0) is 9.59 Å². The molecule has 27 heavy (non-hydrogen) atoms. The van der Waals surface area contributed by atoms with Gasteiger partial charge in [0.05, 0.1) is 11.3 Å². The molecule has 1 N–H and O–H groups in total. The molecule has 4 rings (SSSR count). The molecule has 1 aromatic carbocycles. The fourth-order valence-corrected chi connectivity index (χ4v) is 4.70. The maximum Gasteiger partial charge on any atom is 0.256 e. The van der Waals surface area contributed by atoms with E-state index in [1.165, 1.54) is 11.3 Å². The smallest absolute Gasteiger partial charge is 0.256 e. The Hall–Kier alpha value is -2.37. The first-order valence-corrected chi connectivity index (χ1v) is 10.1. The van der Waals surface area contributed by atoms with E-state index in [-0.39, 0.29) is 30.3 Å². The molecule has 1 saturated heterocycles. The summed E-state index contributed by atoms with van der Waals surface area (Å²) in [5, 5.41) is 3.13. The van der Waals surface area contributed by atoms with Crippen molar-refractivity contribution in [2.45, 2.75) is 57.5 Å². The van der Waals surface area contributed by atoms with Crippen LogP contribution in [-0.4, -0.2) is 47.8 Å². The summed E-state index contributed by atoms with van der Waals surface area (Å²) >= 11 is 0. The van der Waals surface area contributed by atoms with Crippen LogP contribution in [0.4, 0.5) is 5.69 Å². The van der Waals surface area contributed by atoms with Gasteiger partial charge < -0.3 is 15.1 Å². The first-order valence-electron chi connectivity index (χ1n) is 10.1. The second-order valence-corrected chi connectivity index (χ2v) is 8.03. The molecule has 2 heterocycles. The van der Waals surface area contributed by atoms with Crippen molar-refractivity contribution >= 4 is 23.4 Å². The second-order valence-electron chi connectivity index (χ2n) is 8.03. The number of nitrogens with zero attached hydrogens (tertiary/aromatic N) is 2. The minimum atomic E-state index is -0.452. The van der Waals surface area contributed by atoms with E-state index >= 15 is 0 Å². The predicted molar refractivity (Wildman–Crippen MR) is 102 cm³/mol. The van der Waals surface area contributed by atoms with Crippen molar-refractivity contribution < 1.29 is 14.4 Å². The van der Waals surface area contributed by atoms with Crippen LogP contribution in [0.5, 0.6) is 0 Å². The normalized spacial score (nSPS) is 27.8. The highest BCUT2D eigenvalue weighted by Crippen LogP contribution is 2.32. The lowest BCUT2D eigenvalue weighted by molar-refractivity contribution is -0.126. The van der Waals surface area contributed by atoms with Gasteiger partial charge in [0, 0.05) is 12.6 Å². The van der Waals surface area contributed by atoms with Gasteiger partial charge in [-0.3, -0.25) is 14.4 Å². The first-order chi connectivity index (χ1) is 13.1. The summed E-state index contributed by atoms with van der Waals surface area (Å²) in [6, 6.07) is 6.85. The van der Waals surface area contributed by atoms with Gasteiger partial charge in [-0.15, -0.1) is 0 Å². The largest absolute Gasteiger partial charge is 0.352 e. The molecule has 2 aliphatic heterocycles. The summed E-state index contributed by atoms with van der Waals surface area (Å²) < 4.78 is 0. The van der Waals surface area contributed by atoms with Gasteiger partial charge in [-0.05, 0) is 43.7 Å². The highest BCUT2D eigenvalue weighted by molar-refractivity contribution is 6.12. The van der Waals surface area contributed by atoms with Crippen LogP contribution in [0.2, 0.25) is 0 Å². The Morgan fingerprint density at radius 2 is 1.89 bits per heavy atom. The third kappa shape index (κ3) is 3.33. The molecular weight excluding hydrogens is 342 g/mol. The van der Waals surface area contributed by atoms with E-state index in [2.05, 4.69) is 12.2 Å². The molecule has 2 fully saturated rings. The van der Waals surface area contributed by atoms with Gasteiger partial charge >= 0.3 is 0 Å². The van der Waals surface area contributed by atoms with Gasteiger partial charge in [0.15, 0.2) is 0 Å². The molecule has 0 spiro atoms. The van der Waals surface area contributed by atoms with Crippen LogP contribution in [0.15, 0.2) is 24.3 Å². The molecule has 3 atom stereocenters. The van der Waals surface area contributed by atoms with Gasteiger partial charge in [0.2, 0.25) is 11.8 Å². The van der Waals surface area contributed by atoms with Crippen molar-refractivity contribution in [2.24, 2.45) is 5.92 Å². The summed E-state index contributed by atoms with van der Waals surface area (Å²) in [7, 11) is 0. The van der Waals surface area contributed by atoms with Gasteiger partial charge in [-0.2, -0.15) is 0 Å². The number of nitrogens with one attached hydrogen (secondary N) is 1. The summed E-state index contributed by atoms with van der Waals surface area (Å²) in [5.41, 5.74) is 1.06. The topological polar surface area (TPSA) is 69.7 Å². The van der Waals surface area contributed by atoms with E-state index < -0.39 is 6.04 Å². The zero-order chi connectivity index (χ0) is 19.0. The number of benzene rings is 1. The van der Waals surface area contributed by atoms with Crippen molar-refractivity contribution in [3.05, 3.63) is 29.8 Å². The lowest BCUT2D eigenvalue weighted by atomic mass is 9.86. The van der Waals surface area contributed by atoms with Crippen LogP contribution in [0.1, 0.15) is 55.8 Å². The van der Waals surface area contributed by atoms with Crippen LogP contribution in [0.25, 0.3) is 0 Å². The number of amides is 3. The van der Waals surface area contributed by atoms with E-state index in [1.54, 1.807) is 23.1 Å². The Kier molecular flexibility index (Phi) is 4.89. The number of carbonyl (C=O) groups is 3. The maximum atomic E-state index is 13.2. The zero-order valence-electron chi connectivity index (χ0n) is 15.8. The van der Waals surface area contributed by atoms with Crippen LogP contribution < -0.4 is 10.2 Å². The molecule has 0 aromatic heterocycles. The minimum absolute atomic E-state index is 0.0311. The van der Waals surface area contributed by atoms with Gasteiger partial charge in [-0.1, -0.05) is 31.9 Å². The maximum absolute atomic E-state index is 13.2. The second kappa shape index (κ2) is 7.33. The van der Waals surface area contributed by atoms with E-state index in [0.29, 0.717) is 30.1 Å². The number of anilines is 1. The number of rotatable bonds is 3. The van der Waals surface area contributed by atoms with E-state index in [4.69, 9.17) is 0 Å². The van der Waals surface area contributed by atoms with Crippen molar-refractivity contribution in [3.8, 4) is 0 Å². The number of hydrogen-bond acceptors (Lipinski definition) is 3. The molecule has 3 amide bonds. The SMILES string of the molecule is C[C@@H]1CCCC[C@@H]1NC(=O)CN1C(=O)[C@H]2CCCN2C(=O)c2ccccc21. The molecule has 6 nitrogen and oxygen atoms in total. The first kappa shape index (κ1) is 18.0. The average Bonchev–Trinajstić information content (AvgIpc) is 3.14. The molecule has 1 aliphatic carbocycles. The molecule has 0 radical (unpaired) electrons. The van der Waals surface area contributed by atoms with E-state index in [9.17, 15) is 14.4 Å². The van der Waals surface area contributed by atoms with Crippen molar-refractivity contribution in [3.63, 3.8) is 0 Å². The fraction of sp³-hybridized carbons (Fsp3) is 0.571. The van der Waals surface area contributed by atoms with Crippen LogP contribution in [0.3, 0.4) is 0 Å². The third-order valence-corrected chi connectivity index (χ3v) is 6.25. The number of hydrogen-bond donors (Lipinski definition) is 1. The highest BCUT2D eigenvalue weighted by atomic mass is 16.2. The standard InChI is InChI=1S/C21H27N3O3/c1-14-7-2-4-9-16(14)22-19(25)13-24-17-10-5-3-8-15(17)20(26)23-12-6-11-18(23)21(24)27/h3,5,8,10,14,16,18H,2,4,6-7,9,11-13H2,1H3,(H,22,25)/t14-,16+,18-/m1/s1. The lowest BCUT2D eigenvalue weighted by Crippen LogP contribution is -2.50. The van der Waals surface area contributed by atoms with Crippen molar-refractivity contribution in [1.82, 2.24) is 10.2 Å². The highest BCUT2D eigenvalue weighted by Gasteiger charge is 2.42. The molecule has 0 bridgehead atoms. The minimum Gasteiger partial charge on any atom is -0.352 e. The van der Waals surface area contributed by atoms with Crippen LogP contribution >= 0.6 is 0 Å². The van der Waals surface area contributed by atoms with Crippen LogP contribution in [0, 0.1) is 5.92 Å². The summed E-state index contributed by atoms with van der Waals surface area (Å²) in [6.45, 7) is 2.74. The molecule has 0 unspecified atom stereocenters. The van der Waals surface area contributed by atoms with E-state index in [1.807, 2.05) is 6.07 Å². The summed E-state index contributed by atoms with van der Waals surface area (Å²) in [5.74, 6) is 0.0698. The molecule has 144 valence electrons. The van der Waals surface area contributed by atoms with Gasteiger partial charge in [0.25, 0.3) is 5.91 Å². The molecule has 6 heteroatoms. The Labute approximate surface area is 159 Å². The van der Waals surface area contributed by atoms with Crippen molar-refractivity contribution in [1.29, 1.82) is 0 Å². The van der Waals surface area contributed by atoms with Gasteiger partial charge in [-0.25, -0.2) is 0 Å². The summed E-state index contributed by atoms with van der Waals surface area (Å²) in [6.07, 6.45) is 5.95. The Morgan fingerprint density at radius 1 is 1.11 bits per heavy atom. The third-order valence-electron chi connectivity index (χ3n) is 6.25. The monoisotopic (exact) mass is 369 g/mol. The number of fused-ring (bicyclic) bond motifs is 2. The Morgan fingerprint density at radius 3 is 2.70 bits per heavy atom. The summed E-state index contributed by atoms with van der Waals surface area (Å²) in [4.78, 5) is 42.0. The molecular formula is C21H27N3O3. The molecule has 1 saturated carbocycles. The fourth-order valence-electron chi connectivity index (χ4n) is 4.70. The van der Waals surface area contributed by atoms with Crippen molar-refractivity contribution in [2.75, 3.05) is 18.0 Å². The lowest BCUT2D eigenvalue weighted by Gasteiger charge is -2.31. The Balaban J connectivity index is 1.58. The Bertz CT molecular complexity index is 763. The number of para-hydroxylation sites is 1. The molecule has 3 aliphatic rings.